The molecule has 118 valence electrons. The number of alkyl halides is 3. The van der Waals surface area contributed by atoms with Crippen LogP contribution >= 0.6 is 0 Å². The van der Waals surface area contributed by atoms with Gasteiger partial charge >= 0.3 is 6.18 Å². The van der Waals surface area contributed by atoms with Crippen LogP contribution in [-0.4, -0.2) is 53.0 Å². The number of hydrogen-bond donors (Lipinski definition) is 1. The van der Waals surface area contributed by atoms with E-state index in [2.05, 4.69) is 14.9 Å². The number of aromatic amines is 1. The van der Waals surface area contributed by atoms with E-state index in [1.165, 1.54) is 0 Å². The molecule has 0 unspecified atom stereocenters. The summed E-state index contributed by atoms with van der Waals surface area (Å²) in [6, 6.07) is 5.34. The highest BCUT2D eigenvalue weighted by atomic mass is 19.4. The molecule has 3 rings (SSSR count). The van der Waals surface area contributed by atoms with Crippen molar-refractivity contribution in [1.82, 2.24) is 15.1 Å². The van der Waals surface area contributed by atoms with Crippen LogP contribution < -0.4 is 0 Å². The van der Waals surface area contributed by atoms with Crippen molar-refractivity contribution in [1.29, 1.82) is 0 Å². The molecule has 1 aliphatic heterocycles. The van der Waals surface area contributed by atoms with Crippen LogP contribution in [0.4, 0.5) is 13.2 Å². The van der Waals surface area contributed by atoms with Crippen LogP contribution in [0.15, 0.2) is 24.4 Å². The van der Waals surface area contributed by atoms with Gasteiger partial charge in [0.25, 0.3) is 0 Å². The Balaban J connectivity index is 1.66. The van der Waals surface area contributed by atoms with Crippen molar-refractivity contribution in [3.63, 3.8) is 0 Å². The predicted molar refractivity (Wildman–Crippen MR) is 72.2 cm³/mol. The van der Waals surface area contributed by atoms with Crippen LogP contribution in [-0.2, 0) is 16.0 Å². The number of nitrogens with one attached hydrogen (secondary N) is 1. The number of fused-ring (bicyclic) bond motifs is 1. The first kappa shape index (κ1) is 14.8. The molecule has 8 heteroatoms. The third-order valence-corrected chi connectivity index (χ3v) is 4.01. The second kappa shape index (κ2) is 4.98. The number of aromatic nitrogens is 2. The minimum absolute atomic E-state index is 0.0543. The Labute approximate surface area is 124 Å². The number of amides is 1. The second-order valence-corrected chi connectivity index (χ2v) is 5.41. The molecule has 1 aliphatic rings. The maximum atomic E-state index is 12.9. The van der Waals surface area contributed by atoms with Crippen LogP contribution in [0, 0.1) is 0 Å². The molecule has 2 heterocycles. The standard InChI is InChI=1S/C14H14F3N3O2/c1-22-13(14(15,16)17)7-20(8-13)12(21)5-9-2-3-11-10(4-9)6-18-19-11/h2-4,6H,5,7-8H2,1H3,(H,18,19). The molecule has 0 atom stereocenters. The van der Waals surface area contributed by atoms with Crippen LogP contribution in [0.2, 0.25) is 0 Å². The first-order valence-corrected chi connectivity index (χ1v) is 6.66. The van der Waals surface area contributed by atoms with Gasteiger partial charge in [-0.2, -0.15) is 18.3 Å². The lowest BCUT2D eigenvalue weighted by molar-refractivity contribution is -0.306. The number of halogens is 3. The summed E-state index contributed by atoms with van der Waals surface area (Å²) in [7, 11) is 1.02. The monoisotopic (exact) mass is 313 g/mol. The summed E-state index contributed by atoms with van der Waals surface area (Å²) in [5, 5.41) is 7.53. The van der Waals surface area contributed by atoms with Gasteiger partial charge in [-0.05, 0) is 17.7 Å². The van der Waals surface area contributed by atoms with E-state index in [4.69, 9.17) is 0 Å². The molecule has 22 heavy (non-hydrogen) atoms. The molecule has 0 radical (unpaired) electrons. The van der Waals surface area contributed by atoms with Gasteiger partial charge in [0.15, 0.2) is 5.60 Å². The topological polar surface area (TPSA) is 58.2 Å². The fourth-order valence-electron chi connectivity index (χ4n) is 2.56. The van der Waals surface area contributed by atoms with Crippen molar-refractivity contribution >= 4 is 16.8 Å². The van der Waals surface area contributed by atoms with E-state index in [0.717, 1.165) is 28.5 Å². The average Bonchev–Trinajstić information content (AvgIpc) is 2.83. The molecule has 0 spiro atoms. The van der Waals surface area contributed by atoms with Gasteiger partial charge in [0, 0.05) is 12.5 Å². The minimum atomic E-state index is -4.48. The molecule has 1 fully saturated rings. The van der Waals surface area contributed by atoms with Gasteiger partial charge in [-0.3, -0.25) is 9.89 Å². The van der Waals surface area contributed by atoms with Crippen LogP contribution in [0.1, 0.15) is 5.56 Å². The molecule has 1 aromatic carbocycles. The molecular formula is C14H14F3N3O2. The highest BCUT2D eigenvalue weighted by Crippen LogP contribution is 2.40. The lowest BCUT2D eigenvalue weighted by Crippen LogP contribution is -2.71. The van der Waals surface area contributed by atoms with Crippen molar-refractivity contribution < 1.29 is 22.7 Å². The number of methoxy groups -OCH3 is 1. The molecule has 1 amide bonds. The van der Waals surface area contributed by atoms with E-state index in [0.29, 0.717) is 0 Å². The van der Waals surface area contributed by atoms with E-state index in [1.54, 1.807) is 24.4 Å². The zero-order chi connectivity index (χ0) is 16.0. The smallest absolute Gasteiger partial charge is 0.365 e. The van der Waals surface area contributed by atoms with E-state index in [-0.39, 0.29) is 12.3 Å². The summed E-state index contributed by atoms with van der Waals surface area (Å²) < 4.78 is 43.2. The molecule has 5 nitrogen and oxygen atoms in total. The van der Waals surface area contributed by atoms with E-state index in [9.17, 15) is 18.0 Å². The molecule has 2 aromatic rings. The number of ether oxygens (including phenoxy) is 1. The third kappa shape index (κ3) is 2.33. The zero-order valence-electron chi connectivity index (χ0n) is 11.8. The number of benzene rings is 1. The van der Waals surface area contributed by atoms with Gasteiger partial charge in [-0.15, -0.1) is 0 Å². The lowest BCUT2D eigenvalue weighted by Gasteiger charge is -2.49. The van der Waals surface area contributed by atoms with Crippen molar-refractivity contribution in [3.8, 4) is 0 Å². The molecule has 1 saturated heterocycles. The number of hydrogen-bond acceptors (Lipinski definition) is 3. The first-order valence-electron chi connectivity index (χ1n) is 6.66. The molecular weight excluding hydrogens is 299 g/mol. The SMILES string of the molecule is COC1(C(F)(F)F)CN(C(=O)Cc2ccc3[nH]ncc3c2)C1. The van der Waals surface area contributed by atoms with Gasteiger partial charge in [-0.25, -0.2) is 0 Å². The molecule has 1 N–H and O–H groups in total. The summed E-state index contributed by atoms with van der Waals surface area (Å²) >= 11 is 0. The quantitative estimate of drug-likeness (QED) is 0.941. The number of likely N-dealkylation sites (tertiary alicyclic amines) is 1. The maximum absolute atomic E-state index is 12.9. The van der Waals surface area contributed by atoms with Crippen LogP contribution in [0.25, 0.3) is 10.9 Å². The van der Waals surface area contributed by atoms with E-state index in [1.807, 2.05) is 0 Å². The summed E-state index contributed by atoms with van der Waals surface area (Å²) in [5.41, 5.74) is -0.645. The third-order valence-electron chi connectivity index (χ3n) is 4.01. The Hall–Kier alpha value is -2.09. The Morgan fingerprint density at radius 3 is 2.82 bits per heavy atom. The Bertz CT molecular complexity index is 705. The summed E-state index contributed by atoms with van der Waals surface area (Å²) in [5.74, 6) is -0.347. The van der Waals surface area contributed by atoms with E-state index < -0.39 is 24.9 Å². The van der Waals surface area contributed by atoms with Crippen molar-refractivity contribution in [2.24, 2.45) is 0 Å². The van der Waals surface area contributed by atoms with Gasteiger partial charge in [-0.1, -0.05) is 6.07 Å². The summed E-state index contributed by atoms with van der Waals surface area (Å²) in [4.78, 5) is 13.2. The highest BCUT2D eigenvalue weighted by molar-refractivity contribution is 5.83. The fraction of sp³-hybridized carbons (Fsp3) is 0.429. The first-order chi connectivity index (χ1) is 10.3. The normalized spacial score (nSPS) is 17.5. The molecule has 0 bridgehead atoms. The zero-order valence-corrected chi connectivity index (χ0v) is 11.8. The highest BCUT2D eigenvalue weighted by Gasteiger charge is 2.63. The van der Waals surface area contributed by atoms with Gasteiger partial charge in [0.2, 0.25) is 5.91 Å². The predicted octanol–water partition coefficient (Wildman–Crippen LogP) is 1.90. The summed E-state index contributed by atoms with van der Waals surface area (Å²) in [6.45, 7) is -0.917. The average molecular weight is 313 g/mol. The minimum Gasteiger partial charge on any atom is -0.365 e. The number of rotatable bonds is 3. The molecule has 0 saturated carbocycles. The van der Waals surface area contributed by atoms with Crippen LogP contribution in [0.3, 0.4) is 0 Å². The van der Waals surface area contributed by atoms with Crippen molar-refractivity contribution in [3.05, 3.63) is 30.0 Å². The van der Waals surface area contributed by atoms with Crippen molar-refractivity contribution in [2.75, 3.05) is 20.2 Å². The van der Waals surface area contributed by atoms with Crippen LogP contribution in [0.5, 0.6) is 0 Å². The Morgan fingerprint density at radius 1 is 1.45 bits per heavy atom. The molecule has 0 aliphatic carbocycles. The largest absolute Gasteiger partial charge is 0.420 e. The Kier molecular flexibility index (Phi) is 3.36. The summed E-state index contributed by atoms with van der Waals surface area (Å²) in [6.07, 6.45) is -2.79. The number of carbonyl (C=O) groups excluding carboxylic acids is 1. The van der Waals surface area contributed by atoms with Gasteiger partial charge < -0.3 is 9.64 Å². The Morgan fingerprint density at radius 2 is 2.18 bits per heavy atom. The van der Waals surface area contributed by atoms with Crippen molar-refractivity contribution in [2.45, 2.75) is 18.2 Å². The lowest BCUT2D eigenvalue weighted by atomic mass is 9.92. The fourth-order valence-corrected chi connectivity index (χ4v) is 2.56. The number of carbonyl (C=O) groups is 1. The number of H-pyrrole nitrogens is 1. The van der Waals surface area contributed by atoms with E-state index >= 15 is 0 Å². The molecule has 1 aromatic heterocycles. The maximum Gasteiger partial charge on any atom is 0.420 e. The van der Waals surface area contributed by atoms with Gasteiger partial charge in [0.1, 0.15) is 0 Å². The second-order valence-electron chi connectivity index (χ2n) is 5.41. The van der Waals surface area contributed by atoms with Gasteiger partial charge in [0.05, 0.1) is 31.2 Å². The number of nitrogens with zero attached hydrogens (tertiary/aromatic N) is 2.